The van der Waals surface area contributed by atoms with Gasteiger partial charge < -0.3 is 4.74 Å². The Morgan fingerprint density at radius 1 is 1.33 bits per heavy atom. The van der Waals surface area contributed by atoms with Crippen molar-refractivity contribution in [2.24, 2.45) is 11.8 Å². The smallest absolute Gasteiger partial charge is 0.302 e. The molecule has 1 aliphatic rings. The first-order valence-corrected chi connectivity index (χ1v) is 6.30. The zero-order valence-electron chi connectivity index (χ0n) is 10.3. The van der Waals surface area contributed by atoms with Gasteiger partial charge in [-0.25, -0.2) is 0 Å². The van der Waals surface area contributed by atoms with Crippen LogP contribution in [0.15, 0.2) is 0 Å². The Bertz CT molecular complexity index is 193. The Morgan fingerprint density at radius 2 is 1.93 bits per heavy atom. The number of esters is 1. The molecule has 0 aromatic rings. The van der Waals surface area contributed by atoms with E-state index in [0.29, 0.717) is 0 Å². The molecule has 15 heavy (non-hydrogen) atoms. The summed E-state index contributed by atoms with van der Waals surface area (Å²) in [7, 11) is 0. The third-order valence-electron chi connectivity index (χ3n) is 3.60. The van der Waals surface area contributed by atoms with Crippen LogP contribution in [0, 0.1) is 11.8 Å². The van der Waals surface area contributed by atoms with Crippen molar-refractivity contribution in [1.29, 1.82) is 0 Å². The third kappa shape index (κ3) is 4.23. The second kappa shape index (κ2) is 6.14. The van der Waals surface area contributed by atoms with Gasteiger partial charge in [0.2, 0.25) is 0 Å². The van der Waals surface area contributed by atoms with E-state index in [-0.39, 0.29) is 12.1 Å². The molecule has 1 saturated carbocycles. The van der Waals surface area contributed by atoms with E-state index in [1.165, 1.54) is 32.6 Å². The van der Waals surface area contributed by atoms with Gasteiger partial charge in [0.05, 0.1) is 0 Å². The summed E-state index contributed by atoms with van der Waals surface area (Å²) in [5.74, 6) is 1.57. The number of hydrogen-bond acceptors (Lipinski definition) is 2. The van der Waals surface area contributed by atoms with Gasteiger partial charge in [-0.1, -0.05) is 26.7 Å². The van der Waals surface area contributed by atoms with Crippen LogP contribution in [0.4, 0.5) is 0 Å². The fourth-order valence-corrected chi connectivity index (χ4v) is 2.70. The molecular weight excluding hydrogens is 188 g/mol. The lowest BCUT2D eigenvalue weighted by Crippen LogP contribution is -2.26. The van der Waals surface area contributed by atoms with Gasteiger partial charge in [-0.05, 0) is 37.5 Å². The zero-order chi connectivity index (χ0) is 11.3. The minimum Gasteiger partial charge on any atom is -0.463 e. The SMILES string of the molecule is CCC[C@H](C)C1CCC(OC(C)=O)CC1. The van der Waals surface area contributed by atoms with Crippen LogP contribution in [0.5, 0.6) is 0 Å². The highest BCUT2D eigenvalue weighted by Crippen LogP contribution is 2.33. The quantitative estimate of drug-likeness (QED) is 0.666. The van der Waals surface area contributed by atoms with Gasteiger partial charge in [0, 0.05) is 6.92 Å². The second-order valence-electron chi connectivity index (χ2n) is 4.91. The average Bonchev–Trinajstić information content (AvgIpc) is 2.18. The average molecular weight is 212 g/mol. The standard InChI is InChI=1S/C13H24O2/c1-4-5-10(2)12-6-8-13(9-7-12)15-11(3)14/h10,12-13H,4-9H2,1-3H3/t10-,12?,13?/m0/s1. The normalized spacial score (nSPS) is 28.5. The number of carbonyl (C=O) groups is 1. The van der Waals surface area contributed by atoms with E-state index in [4.69, 9.17) is 4.74 Å². The Labute approximate surface area is 93.4 Å². The van der Waals surface area contributed by atoms with Gasteiger partial charge in [-0.3, -0.25) is 4.79 Å². The summed E-state index contributed by atoms with van der Waals surface area (Å²) in [6, 6.07) is 0. The largest absolute Gasteiger partial charge is 0.463 e. The van der Waals surface area contributed by atoms with Crippen LogP contribution < -0.4 is 0 Å². The molecule has 0 aromatic carbocycles. The molecule has 2 heteroatoms. The monoisotopic (exact) mass is 212 g/mol. The van der Waals surface area contributed by atoms with Gasteiger partial charge in [0.1, 0.15) is 6.10 Å². The molecule has 2 nitrogen and oxygen atoms in total. The van der Waals surface area contributed by atoms with E-state index in [1.807, 2.05) is 0 Å². The first-order chi connectivity index (χ1) is 7.13. The van der Waals surface area contributed by atoms with Gasteiger partial charge >= 0.3 is 5.97 Å². The summed E-state index contributed by atoms with van der Waals surface area (Å²) in [5.41, 5.74) is 0. The van der Waals surface area contributed by atoms with Crippen molar-refractivity contribution < 1.29 is 9.53 Å². The summed E-state index contributed by atoms with van der Waals surface area (Å²) >= 11 is 0. The summed E-state index contributed by atoms with van der Waals surface area (Å²) in [4.78, 5) is 10.8. The van der Waals surface area contributed by atoms with Crippen molar-refractivity contribution in [2.45, 2.75) is 65.4 Å². The van der Waals surface area contributed by atoms with Crippen LogP contribution in [0.1, 0.15) is 59.3 Å². The maximum absolute atomic E-state index is 10.8. The van der Waals surface area contributed by atoms with E-state index in [2.05, 4.69) is 13.8 Å². The Balaban J connectivity index is 2.26. The maximum atomic E-state index is 10.8. The van der Waals surface area contributed by atoms with Crippen LogP contribution >= 0.6 is 0 Å². The summed E-state index contributed by atoms with van der Waals surface area (Å²) in [6.45, 7) is 6.12. The number of rotatable bonds is 4. The van der Waals surface area contributed by atoms with Crippen molar-refractivity contribution in [1.82, 2.24) is 0 Å². The topological polar surface area (TPSA) is 26.3 Å². The lowest BCUT2D eigenvalue weighted by molar-refractivity contribution is -0.148. The lowest BCUT2D eigenvalue weighted by atomic mass is 9.78. The molecule has 1 rings (SSSR count). The molecule has 0 amide bonds. The van der Waals surface area contributed by atoms with Gasteiger partial charge in [0.25, 0.3) is 0 Å². The Morgan fingerprint density at radius 3 is 2.40 bits per heavy atom. The minimum absolute atomic E-state index is 0.125. The highest BCUT2D eigenvalue weighted by atomic mass is 16.5. The molecule has 1 fully saturated rings. The summed E-state index contributed by atoms with van der Waals surface area (Å²) < 4.78 is 5.24. The molecular formula is C13H24O2. The van der Waals surface area contributed by atoms with Gasteiger partial charge in [-0.2, -0.15) is 0 Å². The summed E-state index contributed by atoms with van der Waals surface area (Å²) in [5, 5.41) is 0. The van der Waals surface area contributed by atoms with Crippen LogP contribution in [0.2, 0.25) is 0 Å². The molecule has 0 unspecified atom stereocenters. The van der Waals surface area contributed by atoms with E-state index in [0.717, 1.165) is 24.7 Å². The zero-order valence-corrected chi connectivity index (χ0v) is 10.3. The molecule has 0 N–H and O–H groups in total. The van der Waals surface area contributed by atoms with E-state index in [9.17, 15) is 4.79 Å². The maximum Gasteiger partial charge on any atom is 0.302 e. The van der Waals surface area contributed by atoms with Crippen LogP contribution in [0.3, 0.4) is 0 Å². The van der Waals surface area contributed by atoms with E-state index in [1.54, 1.807) is 0 Å². The molecule has 0 aromatic heterocycles. The van der Waals surface area contributed by atoms with E-state index < -0.39 is 0 Å². The van der Waals surface area contributed by atoms with Crippen LogP contribution in [-0.2, 0) is 9.53 Å². The fraction of sp³-hybridized carbons (Fsp3) is 0.923. The molecule has 88 valence electrons. The minimum atomic E-state index is -0.125. The predicted octanol–water partition coefficient (Wildman–Crippen LogP) is 3.54. The molecule has 0 bridgehead atoms. The fourth-order valence-electron chi connectivity index (χ4n) is 2.70. The van der Waals surface area contributed by atoms with Crippen LogP contribution in [-0.4, -0.2) is 12.1 Å². The number of hydrogen-bond donors (Lipinski definition) is 0. The van der Waals surface area contributed by atoms with E-state index >= 15 is 0 Å². The number of carbonyl (C=O) groups excluding carboxylic acids is 1. The third-order valence-corrected chi connectivity index (χ3v) is 3.60. The number of ether oxygens (including phenoxy) is 1. The van der Waals surface area contributed by atoms with Crippen molar-refractivity contribution in [3.8, 4) is 0 Å². The Hall–Kier alpha value is -0.530. The summed E-state index contributed by atoms with van der Waals surface area (Å²) in [6.07, 6.45) is 7.43. The highest BCUT2D eigenvalue weighted by molar-refractivity contribution is 5.66. The Kier molecular flexibility index (Phi) is 5.13. The first kappa shape index (κ1) is 12.5. The second-order valence-corrected chi connectivity index (χ2v) is 4.91. The van der Waals surface area contributed by atoms with Crippen molar-refractivity contribution in [3.63, 3.8) is 0 Å². The highest BCUT2D eigenvalue weighted by Gasteiger charge is 2.25. The molecule has 0 aliphatic heterocycles. The predicted molar refractivity (Wildman–Crippen MR) is 61.6 cm³/mol. The van der Waals surface area contributed by atoms with Crippen molar-refractivity contribution >= 4 is 5.97 Å². The molecule has 0 saturated heterocycles. The molecule has 0 radical (unpaired) electrons. The first-order valence-electron chi connectivity index (χ1n) is 6.30. The lowest BCUT2D eigenvalue weighted by Gasteiger charge is -2.31. The molecule has 0 heterocycles. The van der Waals surface area contributed by atoms with Crippen molar-refractivity contribution in [3.05, 3.63) is 0 Å². The van der Waals surface area contributed by atoms with Crippen molar-refractivity contribution in [2.75, 3.05) is 0 Å². The van der Waals surface area contributed by atoms with Gasteiger partial charge in [0.15, 0.2) is 0 Å². The molecule has 1 atom stereocenters. The molecule has 1 aliphatic carbocycles. The molecule has 0 spiro atoms. The van der Waals surface area contributed by atoms with Crippen LogP contribution in [0.25, 0.3) is 0 Å². The van der Waals surface area contributed by atoms with Gasteiger partial charge in [-0.15, -0.1) is 0 Å².